The summed E-state index contributed by atoms with van der Waals surface area (Å²) >= 11 is 3.15. The highest BCUT2D eigenvalue weighted by Gasteiger charge is 2.25. The van der Waals surface area contributed by atoms with Crippen LogP contribution in [-0.2, 0) is 14.8 Å². The van der Waals surface area contributed by atoms with Crippen LogP contribution >= 0.6 is 23.1 Å². The zero-order valence-corrected chi connectivity index (χ0v) is 24.3. The standard InChI is InChI=1S/C28H30N4O4S3/c1-30(22-6-4-3-5-7-22)39(34,35)24-11-8-21(9-12-24)27(33)32(15-14-31-16-18-36-19-17-31)28-29-25-13-10-23(37-2)20-26(25)38-28/h3-13,20H,14-19H2,1-2H3. The van der Waals surface area contributed by atoms with Crippen molar-refractivity contribution >= 4 is 60.1 Å². The minimum Gasteiger partial charge on any atom is -0.379 e. The molecule has 0 aliphatic carbocycles. The van der Waals surface area contributed by atoms with E-state index < -0.39 is 10.0 Å². The number of nitrogens with zero attached hydrogens (tertiary/aromatic N) is 4. The third-order valence-electron chi connectivity index (χ3n) is 6.68. The second kappa shape index (κ2) is 12.1. The van der Waals surface area contributed by atoms with E-state index >= 15 is 0 Å². The molecular formula is C28H30N4O4S3. The summed E-state index contributed by atoms with van der Waals surface area (Å²) in [6, 6.07) is 21.1. The smallest absolute Gasteiger partial charge is 0.264 e. The van der Waals surface area contributed by atoms with Gasteiger partial charge < -0.3 is 4.74 Å². The molecule has 1 aliphatic rings. The molecule has 1 fully saturated rings. The number of sulfonamides is 1. The summed E-state index contributed by atoms with van der Waals surface area (Å²) in [5, 5.41) is 0.627. The Morgan fingerprint density at radius 2 is 1.77 bits per heavy atom. The van der Waals surface area contributed by atoms with E-state index in [2.05, 4.69) is 11.0 Å². The number of thiazole rings is 1. The third-order valence-corrected chi connectivity index (χ3v) is 10.2. The number of aromatic nitrogens is 1. The normalized spacial score (nSPS) is 14.4. The Morgan fingerprint density at radius 1 is 1.05 bits per heavy atom. The quantitative estimate of drug-likeness (QED) is 0.262. The van der Waals surface area contributed by atoms with Gasteiger partial charge in [-0.15, -0.1) is 11.8 Å². The van der Waals surface area contributed by atoms with Crippen LogP contribution in [0.25, 0.3) is 10.2 Å². The van der Waals surface area contributed by atoms with Crippen LogP contribution in [0.5, 0.6) is 0 Å². The number of para-hydroxylation sites is 1. The summed E-state index contributed by atoms with van der Waals surface area (Å²) in [6.07, 6.45) is 2.03. The molecule has 5 rings (SSSR count). The van der Waals surface area contributed by atoms with Crippen LogP contribution in [0.3, 0.4) is 0 Å². The molecule has 0 atom stereocenters. The summed E-state index contributed by atoms with van der Waals surface area (Å²) in [4.78, 5) is 23.8. The zero-order valence-electron chi connectivity index (χ0n) is 21.8. The lowest BCUT2D eigenvalue weighted by molar-refractivity contribution is 0.0391. The fourth-order valence-corrected chi connectivity index (χ4v) is 7.08. The van der Waals surface area contributed by atoms with Crippen LogP contribution in [0.1, 0.15) is 10.4 Å². The average molecular weight is 583 g/mol. The first kappa shape index (κ1) is 27.6. The van der Waals surface area contributed by atoms with E-state index in [1.54, 1.807) is 53.1 Å². The van der Waals surface area contributed by atoms with E-state index in [1.807, 2.05) is 24.5 Å². The van der Waals surface area contributed by atoms with Crippen molar-refractivity contribution in [2.75, 3.05) is 61.9 Å². The maximum atomic E-state index is 13.8. The van der Waals surface area contributed by atoms with Crippen LogP contribution in [0.2, 0.25) is 0 Å². The molecule has 2 heterocycles. The lowest BCUT2D eigenvalue weighted by atomic mass is 10.2. The number of fused-ring (bicyclic) bond motifs is 1. The summed E-state index contributed by atoms with van der Waals surface area (Å²) in [5.41, 5.74) is 1.82. The molecule has 0 saturated carbocycles. The second-order valence-corrected chi connectivity index (χ2v) is 12.9. The van der Waals surface area contributed by atoms with Gasteiger partial charge in [0.2, 0.25) is 0 Å². The van der Waals surface area contributed by atoms with E-state index in [9.17, 15) is 13.2 Å². The molecule has 11 heteroatoms. The Morgan fingerprint density at radius 3 is 2.46 bits per heavy atom. The number of thioether (sulfide) groups is 1. The SMILES string of the molecule is CSc1ccc2nc(N(CCN3CCOCC3)C(=O)c3ccc(S(=O)(=O)N(C)c4ccccc4)cc3)sc2c1. The molecule has 1 aromatic heterocycles. The molecule has 1 aliphatic heterocycles. The molecule has 0 bridgehead atoms. The van der Waals surface area contributed by atoms with E-state index in [4.69, 9.17) is 9.72 Å². The molecule has 0 radical (unpaired) electrons. The van der Waals surface area contributed by atoms with Crippen LogP contribution in [0.15, 0.2) is 82.6 Å². The third kappa shape index (κ3) is 6.12. The number of carbonyl (C=O) groups excluding carboxylic acids is 1. The van der Waals surface area contributed by atoms with E-state index in [0.717, 1.165) is 28.2 Å². The highest BCUT2D eigenvalue weighted by atomic mass is 32.2. The first-order valence-electron chi connectivity index (χ1n) is 12.6. The fourth-order valence-electron chi connectivity index (χ4n) is 4.35. The Labute approximate surface area is 237 Å². The van der Waals surface area contributed by atoms with Gasteiger partial charge in [-0.3, -0.25) is 18.9 Å². The lowest BCUT2D eigenvalue weighted by Gasteiger charge is -2.29. The number of amides is 1. The summed E-state index contributed by atoms with van der Waals surface area (Å²) in [6.45, 7) is 4.15. The Bertz CT molecular complexity index is 1540. The Balaban J connectivity index is 1.41. The molecule has 0 N–H and O–H groups in total. The molecule has 1 saturated heterocycles. The molecule has 0 unspecified atom stereocenters. The first-order chi connectivity index (χ1) is 18.9. The molecule has 1 amide bonds. The van der Waals surface area contributed by atoms with Crippen LogP contribution in [0.4, 0.5) is 10.8 Å². The lowest BCUT2D eigenvalue weighted by Crippen LogP contribution is -2.43. The Kier molecular flexibility index (Phi) is 8.53. The molecule has 8 nitrogen and oxygen atoms in total. The van der Waals surface area contributed by atoms with Crippen molar-refractivity contribution in [3.63, 3.8) is 0 Å². The van der Waals surface area contributed by atoms with Gasteiger partial charge in [-0.1, -0.05) is 29.5 Å². The van der Waals surface area contributed by atoms with Crippen molar-refractivity contribution in [1.82, 2.24) is 9.88 Å². The minimum absolute atomic E-state index is 0.120. The second-order valence-electron chi connectivity index (χ2n) is 9.07. The number of ether oxygens (including phenoxy) is 1. The van der Waals surface area contributed by atoms with Crippen molar-refractivity contribution in [1.29, 1.82) is 0 Å². The summed E-state index contributed by atoms with van der Waals surface area (Å²) in [5.74, 6) is -0.215. The molecule has 0 spiro atoms. The predicted molar refractivity (Wildman–Crippen MR) is 159 cm³/mol. The number of morpholine rings is 1. The van der Waals surface area contributed by atoms with Crippen LogP contribution in [0, 0.1) is 0 Å². The monoisotopic (exact) mass is 582 g/mol. The van der Waals surface area contributed by atoms with Gasteiger partial charge in [0.15, 0.2) is 5.13 Å². The van der Waals surface area contributed by atoms with Crippen molar-refractivity contribution in [2.45, 2.75) is 9.79 Å². The van der Waals surface area contributed by atoms with Gasteiger partial charge in [0.1, 0.15) is 0 Å². The Hall–Kier alpha value is -2.96. The predicted octanol–water partition coefficient (Wildman–Crippen LogP) is 4.82. The first-order valence-corrected chi connectivity index (χ1v) is 16.1. The summed E-state index contributed by atoms with van der Waals surface area (Å²) in [7, 11) is -2.26. The van der Waals surface area contributed by atoms with Gasteiger partial charge >= 0.3 is 0 Å². The number of hydrogen-bond donors (Lipinski definition) is 0. The van der Waals surface area contributed by atoms with Gasteiger partial charge in [0.25, 0.3) is 15.9 Å². The zero-order chi connectivity index (χ0) is 27.4. The number of benzene rings is 3. The molecule has 3 aromatic carbocycles. The van der Waals surface area contributed by atoms with Gasteiger partial charge in [-0.25, -0.2) is 13.4 Å². The maximum absolute atomic E-state index is 13.8. The highest BCUT2D eigenvalue weighted by Crippen LogP contribution is 2.32. The number of carbonyl (C=O) groups is 1. The molecule has 4 aromatic rings. The number of hydrogen-bond acceptors (Lipinski definition) is 8. The van der Waals surface area contributed by atoms with Gasteiger partial charge in [0.05, 0.1) is 34.0 Å². The number of anilines is 2. The average Bonchev–Trinajstić information content (AvgIpc) is 3.40. The topological polar surface area (TPSA) is 83.0 Å². The van der Waals surface area contributed by atoms with Gasteiger partial charge in [0, 0.05) is 43.7 Å². The number of rotatable bonds is 9. The van der Waals surface area contributed by atoms with E-state index in [-0.39, 0.29) is 10.8 Å². The van der Waals surface area contributed by atoms with Gasteiger partial charge in [-0.05, 0) is 60.9 Å². The molecule has 204 valence electrons. The van der Waals surface area contributed by atoms with E-state index in [1.165, 1.54) is 34.8 Å². The van der Waals surface area contributed by atoms with Crippen molar-refractivity contribution in [3.05, 3.63) is 78.4 Å². The van der Waals surface area contributed by atoms with Crippen LogP contribution < -0.4 is 9.21 Å². The van der Waals surface area contributed by atoms with E-state index in [0.29, 0.717) is 42.7 Å². The largest absolute Gasteiger partial charge is 0.379 e. The minimum atomic E-state index is -3.78. The molecule has 39 heavy (non-hydrogen) atoms. The van der Waals surface area contributed by atoms with Crippen LogP contribution in [-0.4, -0.2) is 76.9 Å². The van der Waals surface area contributed by atoms with Crippen molar-refractivity contribution in [3.8, 4) is 0 Å². The maximum Gasteiger partial charge on any atom is 0.264 e. The van der Waals surface area contributed by atoms with Gasteiger partial charge in [-0.2, -0.15) is 0 Å². The van der Waals surface area contributed by atoms with Crippen molar-refractivity contribution in [2.24, 2.45) is 0 Å². The molecular weight excluding hydrogens is 553 g/mol. The highest BCUT2D eigenvalue weighted by molar-refractivity contribution is 7.98. The van der Waals surface area contributed by atoms with Crippen molar-refractivity contribution < 1.29 is 17.9 Å². The fraction of sp³-hybridized carbons (Fsp3) is 0.286. The summed E-state index contributed by atoms with van der Waals surface area (Å²) < 4.78 is 34.1.